The summed E-state index contributed by atoms with van der Waals surface area (Å²) < 4.78 is 18.8. The quantitative estimate of drug-likeness (QED) is 0.874. The number of benzene rings is 1. The van der Waals surface area contributed by atoms with Crippen LogP contribution < -0.4 is 10.2 Å². The fourth-order valence-electron chi connectivity index (χ4n) is 2.64. The maximum absolute atomic E-state index is 13.4. The van der Waals surface area contributed by atoms with Crippen LogP contribution in [0, 0.1) is 11.7 Å². The Labute approximate surface area is 125 Å². The summed E-state index contributed by atoms with van der Waals surface area (Å²) in [5.74, 6) is -0.545. The minimum atomic E-state index is -0.331. The SMILES string of the molecule is CCCNC1COCC1C(=O)N(CC)c1cccc(F)c1. The van der Waals surface area contributed by atoms with Crippen molar-refractivity contribution < 1.29 is 13.9 Å². The lowest BCUT2D eigenvalue weighted by molar-refractivity contribution is -0.122. The van der Waals surface area contributed by atoms with Crippen LogP contribution in [-0.4, -0.2) is 38.3 Å². The van der Waals surface area contributed by atoms with Gasteiger partial charge in [-0.3, -0.25) is 4.79 Å². The minimum absolute atomic E-state index is 0.00537. The number of amides is 1. The van der Waals surface area contributed by atoms with E-state index in [0.717, 1.165) is 13.0 Å². The van der Waals surface area contributed by atoms with Gasteiger partial charge in [0.15, 0.2) is 0 Å². The first-order chi connectivity index (χ1) is 10.2. The molecule has 0 radical (unpaired) electrons. The Kier molecular flexibility index (Phi) is 5.70. The summed E-state index contributed by atoms with van der Waals surface area (Å²) in [7, 11) is 0. The third-order valence-corrected chi connectivity index (χ3v) is 3.76. The molecule has 1 saturated heterocycles. The van der Waals surface area contributed by atoms with Gasteiger partial charge < -0.3 is 15.0 Å². The van der Waals surface area contributed by atoms with Crippen LogP contribution in [0.4, 0.5) is 10.1 Å². The van der Waals surface area contributed by atoms with E-state index in [-0.39, 0.29) is 23.7 Å². The van der Waals surface area contributed by atoms with Crippen LogP contribution in [0.15, 0.2) is 24.3 Å². The van der Waals surface area contributed by atoms with E-state index in [2.05, 4.69) is 12.2 Å². The summed E-state index contributed by atoms with van der Waals surface area (Å²) in [5, 5.41) is 3.36. The highest BCUT2D eigenvalue weighted by molar-refractivity contribution is 5.95. The van der Waals surface area contributed by atoms with Gasteiger partial charge in [-0.15, -0.1) is 0 Å². The molecule has 5 heteroatoms. The topological polar surface area (TPSA) is 41.6 Å². The van der Waals surface area contributed by atoms with Crippen LogP contribution in [0.2, 0.25) is 0 Å². The van der Waals surface area contributed by atoms with E-state index in [1.165, 1.54) is 12.1 Å². The predicted molar refractivity (Wildman–Crippen MR) is 80.8 cm³/mol. The van der Waals surface area contributed by atoms with Gasteiger partial charge in [-0.05, 0) is 38.1 Å². The van der Waals surface area contributed by atoms with E-state index in [0.29, 0.717) is 25.4 Å². The molecule has 21 heavy (non-hydrogen) atoms. The smallest absolute Gasteiger partial charge is 0.234 e. The number of halogens is 1. The van der Waals surface area contributed by atoms with Crippen molar-refractivity contribution in [2.75, 3.05) is 31.2 Å². The number of rotatable bonds is 6. The van der Waals surface area contributed by atoms with E-state index in [9.17, 15) is 9.18 Å². The second-order valence-corrected chi connectivity index (χ2v) is 5.27. The van der Waals surface area contributed by atoms with Gasteiger partial charge in [0.25, 0.3) is 0 Å². The number of nitrogens with zero attached hydrogens (tertiary/aromatic N) is 1. The number of carbonyl (C=O) groups excluding carboxylic acids is 1. The first-order valence-corrected chi connectivity index (χ1v) is 7.55. The number of hydrogen-bond acceptors (Lipinski definition) is 3. The van der Waals surface area contributed by atoms with E-state index in [4.69, 9.17) is 4.74 Å². The van der Waals surface area contributed by atoms with Gasteiger partial charge in [-0.1, -0.05) is 13.0 Å². The molecular formula is C16H23FN2O2. The van der Waals surface area contributed by atoms with Crippen LogP contribution in [0.5, 0.6) is 0 Å². The number of anilines is 1. The highest BCUT2D eigenvalue weighted by Gasteiger charge is 2.36. The molecule has 0 bridgehead atoms. The summed E-state index contributed by atoms with van der Waals surface area (Å²) in [6.45, 7) is 6.34. The number of nitrogens with one attached hydrogen (secondary N) is 1. The van der Waals surface area contributed by atoms with Crippen LogP contribution in [0.25, 0.3) is 0 Å². The fourth-order valence-corrected chi connectivity index (χ4v) is 2.64. The van der Waals surface area contributed by atoms with Crippen molar-refractivity contribution in [2.24, 2.45) is 5.92 Å². The molecule has 116 valence electrons. The van der Waals surface area contributed by atoms with Gasteiger partial charge in [0, 0.05) is 18.3 Å². The molecule has 0 saturated carbocycles. The van der Waals surface area contributed by atoms with Crippen molar-refractivity contribution in [1.82, 2.24) is 5.32 Å². The lowest BCUT2D eigenvalue weighted by Crippen LogP contribution is -2.46. The Bertz CT molecular complexity index is 481. The van der Waals surface area contributed by atoms with Crippen molar-refractivity contribution in [2.45, 2.75) is 26.3 Å². The first kappa shape index (κ1) is 15.9. The Morgan fingerprint density at radius 3 is 2.90 bits per heavy atom. The number of ether oxygens (including phenoxy) is 1. The standard InChI is InChI=1S/C16H23FN2O2/c1-3-8-18-15-11-21-10-14(15)16(20)19(4-2)13-7-5-6-12(17)9-13/h5-7,9,14-15,18H,3-4,8,10-11H2,1-2H3. The molecule has 0 aromatic heterocycles. The van der Waals surface area contributed by atoms with Gasteiger partial charge in [-0.25, -0.2) is 4.39 Å². The molecule has 1 amide bonds. The molecule has 1 heterocycles. The van der Waals surface area contributed by atoms with E-state index < -0.39 is 0 Å². The van der Waals surface area contributed by atoms with Gasteiger partial charge in [0.05, 0.1) is 19.1 Å². The van der Waals surface area contributed by atoms with Crippen molar-refractivity contribution in [3.8, 4) is 0 Å². The molecule has 0 aliphatic carbocycles. The molecular weight excluding hydrogens is 271 g/mol. The zero-order valence-electron chi connectivity index (χ0n) is 12.6. The fraction of sp³-hybridized carbons (Fsp3) is 0.562. The first-order valence-electron chi connectivity index (χ1n) is 7.55. The Hall–Kier alpha value is -1.46. The molecule has 4 nitrogen and oxygen atoms in total. The Morgan fingerprint density at radius 1 is 1.43 bits per heavy atom. The zero-order valence-corrected chi connectivity index (χ0v) is 12.6. The summed E-state index contributed by atoms with van der Waals surface area (Å²) in [6, 6.07) is 6.20. The molecule has 1 aromatic rings. The van der Waals surface area contributed by atoms with Crippen molar-refractivity contribution >= 4 is 11.6 Å². The van der Waals surface area contributed by atoms with Crippen molar-refractivity contribution in [3.63, 3.8) is 0 Å². The van der Waals surface area contributed by atoms with Crippen molar-refractivity contribution in [1.29, 1.82) is 0 Å². The molecule has 2 rings (SSSR count). The van der Waals surface area contributed by atoms with Gasteiger partial charge in [0.2, 0.25) is 5.91 Å². The number of carbonyl (C=O) groups is 1. The summed E-state index contributed by atoms with van der Waals surface area (Å²) in [4.78, 5) is 14.4. The van der Waals surface area contributed by atoms with Gasteiger partial charge in [0.1, 0.15) is 5.82 Å². The van der Waals surface area contributed by atoms with E-state index in [1.807, 2.05) is 6.92 Å². The predicted octanol–water partition coefficient (Wildman–Crippen LogP) is 2.19. The van der Waals surface area contributed by atoms with Crippen LogP contribution >= 0.6 is 0 Å². The molecule has 1 fully saturated rings. The van der Waals surface area contributed by atoms with Crippen LogP contribution in [0.1, 0.15) is 20.3 Å². The lowest BCUT2D eigenvalue weighted by Gasteiger charge is -2.27. The second-order valence-electron chi connectivity index (χ2n) is 5.27. The molecule has 1 N–H and O–H groups in total. The summed E-state index contributed by atoms with van der Waals surface area (Å²) in [5.41, 5.74) is 0.601. The summed E-state index contributed by atoms with van der Waals surface area (Å²) in [6.07, 6.45) is 1.01. The van der Waals surface area contributed by atoms with Gasteiger partial charge >= 0.3 is 0 Å². The molecule has 1 aromatic carbocycles. The molecule has 1 aliphatic heterocycles. The largest absolute Gasteiger partial charge is 0.379 e. The average Bonchev–Trinajstić information content (AvgIpc) is 2.94. The Morgan fingerprint density at radius 2 is 2.24 bits per heavy atom. The van der Waals surface area contributed by atoms with E-state index in [1.54, 1.807) is 17.0 Å². The lowest BCUT2D eigenvalue weighted by atomic mass is 10.0. The zero-order chi connectivity index (χ0) is 15.2. The molecule has 0 spiro atoms. The third kappa shape index (κ3) is 3.80. The molecule has 2 unspecified atom stereocenters. The summed E-state index contributed by atoms with van der Waals surface area (Å²) >= 11 is 0. The molecule has 1 aliphatic rings. The third-order valence-electron chi connectivity index (χ3n) is 3.76. The Balaban J connectivity index is 2.12. The molecule has 2 atom stereocenters. The normalized spacial score (nSPS) is 21.5. The maximum Gasteiger partial charge on any atom is 0.234 e. The van der Waals surface area contributed by atoms with Gasteiger partial charge in [-0.2, -0.15) is 0 Å². The average molecular weight is 294 g/mol. The maximum atomic E-state index is 13.4. The number of hydrogen-bond donors (Lipinski definition) is 1. The monoisotopic (exact) mass is 294 g/mol. The van der Waals surface area contributed by atoms with Crippen LogP contribution in [-0.2, 0) is 9.53 Å². The highest BCUT2D eigenvalue weighted by atomic mass is 19.1. The van der Waals surface area contributed by atoms with Crippen molar-refractivity contribution in [3.05, 3.63) is 30.1 Å². The highest BCUT2D eigenvalue weighted by Crippen LogP contribution is 2.22. The van der Waals surface area contributed by atoms with Crippen LogP contribution in [0.3, 0.4) is 0 Å². The van der Waals surface area contributed by atoms with E-state index >= 15 is 0 Å². The minimum Gasteiger partial charge on any atom is -0.379 e. The second kappa shape index (κ2) is 7.52.